The molecule has 1 aromatic carbocycles. The van der Waals surface area contributed by atoms with E-state index in [4.69, 9.17) is 14.5 Å². The molecule has 10 heteroatoms. The standard InChI is InChI=1S/C33H43N5O4S/c1-20-16-26-29(43-20)27(38-18-23-24(19-38)28(23)35-30(39)41-32(2,3)4)17-25(34-26)21-8-10-22(11-9-21)36-12-14-37(15-13-36)31(40)42-33(5,6)7/h8-11,16-17,23-24,28H,12-15,18-19H2,1-7H3,(H,35,39). The molecule has 0 spiro atoms. The van der Waals surface area contributed by atoms with Crippen molar-refractivity contribution in [3.63, 3.8) is 0 Å². The number of carbonyl (C=O) groups is 2. The molecule has 230 valence electrons. The van der Waals surface area contributed by atoms with Crippen LogP contribution in [0, 0.1) is 18.8 Å². The van der Waals surface area contributed by atoms with Gasteiger partial charge in [-0.2, -0.15) is 0 Å². The highest BCUT2D eigenvalue weighted by Gasteiger charge is 2.57. The van der Waals surface area contributed by atoms with Gasteiger partial charge in [0.05, 0.1) is 21.6 Å². The van der Waals surface area contributed by atoms with Crippen LogP contribution in [0.25, 0.3) is 21.5 Å². The van der Waals surface area contributed by atoms with E-state index in [0.29, 0.717) is 24.9 Å². The van der Waals surface area contributed by atoms with Crippen molar-refractivity contribution in [2.45, 2.75) is 65.7 Å². The van der Waals surface area contributed by atoms with E-state index in [1.807, 2.05) is 41.5 Å². The molecule has 3 aromatic rings. The van der Waals surface area contributed by atoms with Gasteiger partial charge in [-0.25, -0.2) is 14.6 Å². The number of pyridine rings is 1. The van der Waals surface area contributed by atoms with Crippen LogP contribution in [-0.2, 0) is 9.47 Å². The number of rotatable bonds is 4. The van der Waals surface area contributed by atoms with Crippen LogP contribution in [0.15, 0.2) is 36.4 Å². The number of nitrogens with one attached hydrogen (secondary N) is 1. The molecule has 2 aromatic heterocycles. The predicted octanol–water partition coefficient (Wildman–Crippen LogP) is 6.29. The summed E-state index contributed by atoms with van der Waals surface area (Å²) in [5, 5.41) is 3.08. The number of aryl methyl sites for hydroxylation is 1. The first-order valence-corrected chi connectivity index (χ1v) is 16.0. The van der Waals surface area contributed by atoms with Gasteiger partial charge < -0.3 is 29.5 Å². The molecule has 9 nitrogen and oxygen atoms in total. The van der Waals surface area contributed by atoms with Crippen LogP contribution in [0.3, 0.4) is 0 Å². The molecule has 3 fully saturated rings. The molecule has 2 aliphatic heterocycles. The van der Waals surface area contributed by atoms with E-state index < -0.39 is 11.2 Å². The molecule has 2 saturated heterocycles. The second kappa shape index (κ2) is 10.9. The fourth-order valence-electron chi connectivity index (χ4n) is 6.20. The minimum Gasteiger partial charge on any atom is -0.444 e. The lowest BCUT2D eigenvalue weighted by atomic mass is 10.1. The third kappa shape index (κ3) is 6.54. The summed E-state index contributed by atoms with van der Waals surface area (Å²) in [4.78, 5) is 37.6. The van der Waals surface area contributed by atoms with Crippen LogP contribution in [0.4, 0.5) is 21.0 Å². The molecule has 1 N–H and O–H groups in total. The first kappa shape index (κ1) is 29.5. The molecule has 43 heavy (non-hydrogen) atoms. The number of fused-ring (bicyclic) bond motifs is 2. The van der Waals surface area contributed by atoms with Crippen molar-refractivity contribution >= 4 is 45.1 Å². The lowest BCUT2D eigenvalue weighted by Gasteiger charge is -2.36. The van der Waals surface area contributed by atoms with E-state index >= 15 is 0 Å². The molecule has 6 rings (SSSR count). The van der Waals surface area contributed by atoms with Gasteiger partial charge in [0.1, 0.15) is 11.2 Å². The Morgan fingerprint density at radius 1 is 0.884 bits per heavy atom. The molecule has 2 amide bonds. The molecule has 2 atom stereocenters. The molecule has 1 aliphatic carbocycles. The Balaban J connectivity index is 1.13. The lowest BCUT2D eigenvalue weighted by molar-refractivity contribution is 0.0240. The third-order valence-corrected chi connectivity index (χ3v) is 9.32. The first-order chi connectivity index (χ1) is 20.2. The maximum absolute atomic E-state index is 12.5. The normalized spacial score (nSPS) is 22.0. The number of ether oxygens (including phenoxy) is 2. The van der Waals surface area contributed by atoms with Gasteiger partial charge in [0.15, 0.2) is 0 Å². The Bertz CT molecular complexity index is 1500. The summed E-state index contributed by atoms with van der Waals surface area (Å²) >= 11 is 1.79. The van der Waals surface area contributed by atoms with Gasteiger partial charge in [-0.15, -0.1) is 11.3 Å². The number of anilines is 2. The third-order valence-electron chi connectivity index (χ3n) is 8.26. The van der Waals surface area contributed by atoms with E-state index in [-0.39, 0.29) is 18.2 Å². The lowest BCUT2D eigenvalue weighted by Crippen LogP contribution is -2.50. The molecule has 0 bridgehead atoms. The Morgan fingerprint density at radius 3 is 2.12 bits per heavy atom. The van der Waals surface area contributed by atoms with Crippen molar-refractivity contribution < 1.29 is 19.1 Å². The van der Waals surface area contributed by atoms with E-state index in [1.54, 1.807) is 16.2 Å². The van der Waals surface area contributed by atoms with Gasteiger partial charge in [0.25, 0.3) is 0 Å². The molecule has 1 saturated carbocycles. The van der Waals surface area contributed by atoms with Gasteiger partial charge in [-0.1, -0.05) is 12.1 Å². The highest BCUT2D eigenvalue weighted by atomic mass is 32.1. The van der Waals surface area contributed by atoms with Crippen LogP contribution in [-0.4, -0.2) is 78.6 Å². The molecule has 2 unspecified atom stereocenters. The Hall–Kier alpha value is -3.53. The van der Waals surface area contributed by atoms with Crippen molar-refractivity contribution in [2.75, 3.05) is 49.1 Å². The maximum atomic E-state index is 12.5. The molecule has 4 heterocycles. The SMILES string of the molecule is Cc1cc2nc(-c3ccc(N4CCN(C(=O)OC(C)(C)C)CC4)cc3)cc(N3CC4C(C3)C4NC(=O)OC(C)(C)C)c2s1. The number of piperidine rings is 1. The van der Waals surface area contributed by atoms with Crippen molar-refractivity contribution in [2.24, 2.45) is 11.8 Å². The van der Waals surface area contributed by atoms with Gasteiger partial charge in [-0.3, -0.25) is 0 Å². The largest absolute Gasteiger partial charge is 0.444 e. The van der Waals surface area contributed by atoms with E-state index in [9.17, 15) is 9.59 Å². The van der Waals surface area contributed by atoms with Crippen molar-refractivity contribution in [3.05, 3.63) is 41.3 Å². The van der Waals surface area contributed by atoms with Crippen LogP contribution >= 0.6 is 11.3 Å². The van der Waals surface area contributed by atoms with Crippen molar-refractivity contribution in [1.82, 2.24) is 15.2 Å². The molecule has 3 aliphatic rings. The maximum Gasteiger partial charge on any atom is 0.410 e. The predicted molar refractivity (Wildman–Crippen MR) is 172 cm³/mol. The smallest absolute Gasteiger partial charge is 0.410 e. The number of aromatic nitrogens is 1. The zero-order valence-electron chi connectivity index (χ0n) is 26.3. The van der Waals surface area contributed by atoms with Crippen LogP contribution in [0.5, 0.6) is 0 Å². The minimum atomic E-state index is -0.495. The minimum absolute atomic E-state index is 0.187. The van der Waals surface area contributed by atoms with E-state index in [0.717, 1.165) is 48.6 Å². The van der Waals surface area contributed by atoms with Crippen molar-refractivity contribution in [1.29, 1.82) is 0 Å². The highest BCUT2D eigenvalue weighted by molar-refractivity contribution is 7.19. The Morgan fingerprint density at radius 2 is 1.51 bits per heavy atom. The van der Waals surface area contributed by atoms with Gasteiger partial charge >= 0.3 is 12.2 Å². The fourth-order valence-corrected chi connectivity index (χ4v) is 7.20. The Kier molecular flexibility index (Phi) is 7.47. The van der Waals surface area contributed by atoms with Crippen LogP contribution in [0.1, 0.15) is 46.4 Å². The highest BCUT2D eigenvalue weighted by Crippen LogP contribution is 2.49. The van der Waals surface area contributed by atoms with Gasteiger partial charge in [0.2, 0.25) is 0 Å². The van der Waals surface area contributed by atoms with Crippen molar-refractivity contribution in [3.8, 4) is 11.3 Å². The zero-order valence-corrected chi connectivity index (χ0v) is 27.1. The molecular formula is C33H43N5O4S. The summed E-state index contributed by atoms with van der Waals surface area (Å²) in [6.07, 6.45) is -0.567. The quantitative estimate of drug-likeness (QED) is 0.374. The number of alkyl carbamates (subject to hydrolysis) is 1. The number of carbonyl (C=O) groups excluding carboxylic acids is 2. The summed E-state index contributed by atoms with van der Waals surface area (Å²) in [6.45, 7) is 18.1. The van der Waals surface area contributed by atoms with Gasteiger partial charge in [0, 0.05) is 73.3 Å². The Labute approximate surface area is 258 Å². The average Bonchev–Trinajstić information content (AvgIpc) is 3.23. The summed E-state index contributed by atoms with van der Waals surface area (Å²) in [5.74, 6) is 0.880. The number of benzene rings is 1. The first-order valence-electron chi connectivity index (χ1n) is 15.2. The number of hydrogen-bond acceptors (Lipinski definition) is 8. The summed E-state index contributed by atoms with van der Waals surface area (Å²) in [5.41, 5.74) is 4.46. The van der Waals surface area contributed by atoms with Gasteiger partial charge in [-0.05, 0) is 72.7 Å². The zero-order chi connectivity index (χ0) is 30.7. The number of nitrogens with zero attached hydrogens (tertiary/aromatic N) is 4. The second-order valence-electron chi connectivity index (χ2n) is 14.0. The second-order valence-corrected chi connectivity index (χ2v) is 15.3. The fraction of sp³-hybridized carbons (Fsp3) is 0.545. The summed E-state index contributed by atoms with van der Waals surface area (Å²) in [6, 6.07) is 13.2. The van der Waals surface area contributed by atoms with E-state index in [2.05, 4.69) is 58.4 Å². The topological polar surface area (TPSA) is 87.2 Å². The van der Waals surface area contributed by atoms with E-state index in [1.165, 1.54) is 15.3 Å². The van der Waals surface area contributed by atoms with Crippen LogP contribution < -0.4 is 15.1 Å². The summed E-state index contributed by atoms with van der Waals surface area (Å²) in [7, 11) is 0. The number of hydrogen-bond donors (Lipinski definition) is 1. The number of piperazine rings is 1. The average molecular weight is 606 g/mol. The number of amides is 2. The number of thiophene rings is 1. The molecule has 0 radical (unpaired) electrons. The molecular weight excluding hydrogens is 562 g/mol. The summed E-state index contributed by atoms with van der Waals surface area (Å²) < 4.78 is 12.2. The monoisotopic (exact) mass is 605 g/mol. The van der Waals surface area contributed by atoms with Crippen LogP contribution in [0.2, 0.25) is 0 Å².